The zero-order valence-corrected chi connectivity index (χ0v) is 12.0. The molecule has 1 fully saturated rings. The molecule has 2 N–H and O–H groups in total. The lowest BCUT2D eigenvalue weighted by Gasteiger charge is -2.24. The maximum Gasteiger partial charge on any atom is 0.223 e. The zero-order chi connectivity index (χ0) is 14.4. The fourth-order valence-electron chi connectivity index (χ4n) is 2.25. The molecular weight excluding hydrogens is 256 g/mol. The molecule has 0 aromatic heterocycles. The monoisotopic (exact) mass is 278 g/mol. The highest BCUT2D eigenvalue weighted by molar-refractivity contribution is 5.77. The minimum Gasteiger partial charge on any atom is -0.497 e. The van der Waals surface area contributed by atoms with Gasteiger partial charge < -0.3 is 20.1 Å². The summed E-state index contributed by atoms with van der Waals surface area (Å²) in [5.74, 6) is 0.803. The maximum atomic E-state index is 12.0. The first-order chi connectivity index (χ1) is 9.69. The van der Waals surface area contributed by atoms with Gasteiger partial charge in [-0.25, -0.2) is 0 Å². The van der Waals surface area contributed by atoms with E-state index in [0.717, 1.165) is 24.4 Å². The molecule has 1 heterocycles. The number of carbonyl (C=O) groups is 1. The van der Waals surface area contributed by atoms with Gasteiger partial charge >= 0.3 is 0 Å². The molecule has 0 radical (unpaired) electrons. The molecule has 110 valence electrons. The number of morpholine rings is 1. The minimum atomic E-state index is -0.0471. The van der Waals surface area contributed by atoms with Crippen molar-refractivity contribution in [3.05, 3.63) is 29.8 Å². The highest BCUT2D eigenvalue weighted by atomic mass is 16.5. The van der Waals surface area contributed by atoms with Crippen molar-refractivity contribution in [1.29, 1.82) is 0 Å². The van der Waals surface area contributed by atoms with Crippen LogP contribution >= 0.6 is 0 Å². The van der Waals surface area contributed by atoms with Crippen LogP contribution in [0.15, 0.2) is 24.3 Å². The fraction of sp³-hybridized carbons (Fsp3) is 0.533. The van der Waals surface area contributed by atoms with Crippen molar-refractivity contribution < 1.29 is 14.3 Å². The number of rotatable bonds is 5. The molecule has 1 aliphatic rings. The first kappa shape index (κ1) is 14.8. The molecule has 1 aromatic rings. The second-order valence-electron chi connectivity index (χ2n) is 4.97. The summed E-state index contributed by atoms with van der Waals surface area (Å²) in [6.45, 7) is 4.23. The molecule has 0 bridgehead atoms. The van der Waals surface area contributed by atoms with Crippen LogP contribution in [-0.2, 0) is 9.53 Å². The Kier molecular flexibility index (Phi) is 5.38. The van der Waals surface area contributed by atoms with Crippen LogP contribution in [0, 0.1) is 0 Å². The van der Waals surface area contributed by atoms with Gasteiger partial charge in [-0.2, -0.15) is 0 Å². The number of hydrogen-bond donors (Lipinski definition) is 2. The lowest BCUT2D eigenvalue weighted by Crippen LogP contribution is -2.41. The number of hydrogen-bond acceptors (Lipinski definition) is 4. The van der Waals surface area contributed by atoms with Crippen LogP contribution in [0.5, 0.6) is 5.75 Å². The Morgan fingerprint density at radius 1 is 1.60 bits per heavy atom. The van der Waals surface area contributed by atoms with Crippen molar-refractivity contribution in [2.24, 2.45) is 0 Å². The van der Waals surface area contributed by atoms with Gasteiger partial charge in [-0.1, -0.05) is 12.1 Å². The van der Waals surface area contributed by atoms with E-state index < -0.39 is 0 Å². The zero-order valence-electron chi connectivity index (χ0n) is 12.0. The van der Waals surface area contributed by atoms with Crippen molar-refractivity contribution >= 4 is 5.91 Å². The molecule has 20 heavy (non-hydrogen) atoms. The van der Waals surface area contributed by atoms with Gasteiger partial charge in [-0.3, -0.25) is 4.79 Å². The molecule has 0 aliphatic carbocycles. The lowest BCUT2D eigenvalue weighted by molar-refractivity contribution is -0.125. The van der Waals surface area contributed by atoms with Crippen LogP contribution in [0.2, 0.25) is 0 Å². The number of carbonyl (C=O) groups excluding carboxylic acids is 1. The molecule has 1 aromatic carbocycles. The quantitative estimate of drug-likeness (QED) is 0.851. The SMILES string of the molecule is COc1cccc([C@@H](C)NC(=O)CC2CNCCO2)c1. The van der Waals surface area contributed by atoms with Gasteiger partial charge in [0, 0.05) is 13.1 Å². The normalized spacial score (nSPS) is 20.2. The smallest absolute Gasteiger partial charge is 0.223 e. The minimum absolute atomic E-state index is 0.00835. The maximum absolute atomic E-state index is 12.0. The topological polar surface area (TPSA) is 59.6 Å². The Balaban J connectivity index is 1.86. The predicted octanol–water partition coefficient (Wildman–Crippen LogP) is 1.25. The predicted molar refractivity (Wildman–Crippen MR) is 76.8 cm³/mol. The van der Waals surface area contributed by atoms with Gasteiger partial charge in [-0.15, -0.1) is 0 Å². The molecular formula is C15H22N2O3. The van der Waals surface area contributed by atoms with Crippen molar-refractivity contribution in [2.75, 3.05) is 26.8 Å². The summed E-state index contributed by atoms with van der Waals surface area (Å²) in [5, 5.41) is 6.21. The number of methoxy groups -OCH3 is 1. The van der Waals surface area contributed by atoms with E-state index in [2.05, 4.69) is 10.6 Å². The van der Waals surface area contributed by atoms with E-state index in [9.17, 15) is 4.79 Å². The number of amides is 1. The third-order valence-electron chi connectivity index (χ3n) is 3.39. The Hall–Kier alpha value is -1.59. The molecule has 2 atom stereocenters. The third kappa shape index (κ3) is 4.21. The Morgan fingerprint density at radius 2 is 2.45 bits per heavy atom. The van der Waals surface area contributed by atoms with E-state index in [0.29, 0.717) is 13.0 Å². The van der Waals surface area contributed by atoms with E-state index in [1.54, 1.807) is 7.11 Å². The average Bonchev–Trinajstić information content (AvgIpc) is 2.48. The first-order valence-corrected chi connectivity index (χ1v) is 6.94. The Labute approximate surface area is 119 Å². The highest BCUT2D eigenvalue weighted by Gasteiger charge is 2.18. The summed E-state index contributed by atoms with van der Waals surface area (Å²) in [7, 11) is 1.63. The van der Waals surface area contributed by atoms with E-state index >= 15 is 0 Å². The van der Waals surface area contributed by atoms with Gasteiger partial charge in [0.15, 0.2) is 0 Å². The summed E-state index contributed by atoms with van der Waals surface area (Å²) < 4.78 is 10.7. The van der Waals surface area contributed by atoms with Crippen molar-refractivity contribution in [3.8, 4) is 5.75 Å². The molecule has 1 unspecified atom stereocenters. The van der Waals surface area contributed by atoms with Crippen molar-refractivity contribution in [1.82, 2.24) is 10.6 Å². The van der Waals surface area contributed by atoms with E-state index in [-0.39, 0.29) is 18.1 Å². The molecule has 5 nitrogen and oxygen atoms in total. The Morgan fingerprint density at radius 3 is 3.15 bits per heavy atom. The first-order valence-electron chi connectivity index (χ1n) is 6.94. The molecule has 1 amide bonds. The van der Waals surface area contributed by atoms with Crippen molar-refractivity contribution in [3.63, 3.8) is 0 Å². The van der Waals surface area contributed by atoms with Gasteiger partial charge in [0.25, 0.3) is 0 Å². The molecule has 1 aliphatic heterocycles. The number of benzene rings is 1. The van der Waals surface area contributed by atoms with Crippen LogP contribution in [-0.4, -0.2) is 38.8 Å². The summed E-state index contributed by atoms with van der Waals surface area (Å²) in [6, 6.07) is 7.68. The fourth-order valence-corrected chi connectivity index (χ4v) is 2.25. The second-order valence-corrected chi connectivity index (χ2v) is 4.97. The van der Waals surface area contributed by atoms with Crippen LogP contribution < -0.4 is 15.4 Å². The third-order valence-corrected chi connectivity index (χ3v) is 3.39. The largest absolute Gasteiger partial charge is 0.497 e. The van der Waals surface area contributed by atoms with Crippen LogP contribution in [0.25, 0.3) is 0 Å². The van der Waals surface area contributed by atoms with Crippen LogP contribution in [0.4, 0.5) is 0 Å². The molecule has 0 spiro atoms. The van der Waals surface area contributed by atoms with Crippen molar-refractivity contribution in [2.45, 2.75) is 25.5 Å². The van der Waals surface area contributed by atoms with Gasteiger partial charge in [0.05, 0.1) is 32.3 Å². The van der Waals surface area contributed by atoms with Gasteiger partial charge in [0.1, 0.15) is 5.75 Å². The number of ether oxygens (including phenoxy) is 2. The molecule has 1 saturated heterocycles. The van der Waals surface area contributed by atoms with E-state index in [1.807, 2.05) is 31.2 Å². The summed E-state index contributed by atoms with van der Waals surface area (Å²) in [5.41, 5.74) is 1.03. The standard InChI is InChI=1S/C15H22N2O3/c1-11(12-4-3-5-13(8-12)19-2)17-15(18)9-14-10-16-6-7-20-14/h3-5,8,11,14,16H,6-7,9-10H2,1-2H3,(H,17,18)/t11-,14?/m1/s1. The highest BCUT2D eigenvalue weighted by Crippen LogP contribution is 2.18. The van der Waals surface area contributed by atoms with E-state index in [1.165, 1.54) is 0 Å². The number of nitrogens with one attached hydrogen (secondary N) is 2. The van der Waals surface area contributed by atoms with Gasteiger partial charge in [-0.05, 0) is 24.6 Å². The molecule has 0 saturated carbocycles. The van der Waals surface area contributed by atoms with Crippen LogP contribution in [0.1, 0.15) is 24.9 Å². The van der Waals surface area contributed by atoms with Crippen LogP contribution in [0.3, 0.4) is 0 Å². The Bertz CT molecular complexity index is 444. The molecule has 5 heteroatoms. The average molecular weight is 278 g/mol. The summed E-state index contributed by atoms with van der Waals surface area (Å²) in [4.78, 5) is 12.0. The summed E-state index contributed by atoms with van der Waals surface area (Å²) in [6.07, 6.45) is 0.364. The summed E-state index contributed by atoms with van der Waals surface area (Å²) >= 11 is 0. The van der Waals surface area contributed by atoms with Gasteiger partial charge in [0.2, 0.25) is 5.91 Å². The van der Waals surface area contributed by atoms with E-state index in [4.69, 9.17) is 9.47 Å². The molecule has 2 rings (SSSR count). The second kappa shape index (κ2) is 7.26. The lowest BCUT2D eigenvalue weighted by atomic mass is 10.1.